The Labute approximate surface area is 121 Å². The molecule has 2 heterocycles. The van der Waals surface area contributed by atoms with Crippen LogP contribution in [0.4, 0.5) is 0 Å². The minimum Gasteiger partial charge on any atom is -0.496 e. The summed E-state index contributed by atoms with van der Waals surface area (Å²) in [6.07, 6.45) is 3.52. The summed E-state index contributed by atoms with van der Waals surface area (Å²) < 4.78 is 12.0. The molecule has 0 aliphatic rings. The molecule has 0 bridgehead atoms. The van der Waals surface area contributed by atoms with E-state index in [0.29, 0.717) is 16.9 Å². The van der Waals surface area contributed by atoms with Crippen molar-refractivity contribution in [3.8, 4) is 17.1 Å². The lowest BCUT2D eigenvalue weighted by Gasteiger charge is -2.08. The second kappa shape index (κ2) is 5.28. The van der Waals surface area contributed by atoms with Crippen LogP contribution in [0.25, 0.3) is 16.9 Å². The van der Waals surface area contributed by atoms with Crippen LogP contribution in [-0.4, -0.2) is 29.6 Å². The fourth-order valence-electron chi connectivity index (χ4n) is 2.33. The molecule has 2 aromatic heterocycles. The van der Waals surface area contributed by atoms with Crippen molar-refractivity contribution >= 4 is 11.5 Å². The van der Waals surface area contributed by atoms with Gasteiger partial charge < -0.3 is 9.47 Å². The zero-order chi connectivity index (χ0) is 14.8. The molecule has 3 aromatic rings. The normalized spacial score (nSPS) is 10.6. The highest BCUT2D eigenvalue weighted by Crippen LogP contribution is 2.29. The number of carbonyl (C=O) groups excluding carboxylic acids is 1. The van der Waals surface area contributed by atoms with E-state index >= 15 is 0 Å². The van der Waals surface area contributed by atoms with Gasteiger partial charge in [-0.2, -0.15) is 0 Å². The number of methoxy groups -OCH3 is 2. The summed E-state index contributed by atoms with van der Waals surface area (Å²) in [7, 11) is 2.98. The lowest BCUT2D eigenvalue weighted by Crippen LogP contribution is -2.03. The van der Waals surface area contributed by atoms with Crippen LogP contribution in [0.1, 0.15) is 10.4 Å². The number of aromatic nitrogens is 2. The number of rotatable bonds is 3. The number of hydrogen-bond donors (Lipinski definition) is 0. The van der Waals surface area contributed by atoms with E-state index in [-0.39, 0.29) is 5.97 Å². The molecule has 0 saturated carbocycles. The summed E-state index contributed by atoms with van der Waals surface area (Å²) in [5.41, 5.74) is 2.04. The first-order chi connectivity index (χ1) is 10.3. The molecule has 0 unspecified atom stereocenters. The van der Waals surface area contributed by atoms with Crippen LogP contribution in [0.5, 0.6) is 5.75 Å². The topological polar surface area (TPSA) is 52.8 Å². The van der Waals surface area contributed by atoms with Crippen LogP contribution in [-0.2, 0) is 4.74 Å². The van der Waals surface area contributed by atoms with Crippen LogP contribution < -0.4 is 4.74 Å². The Morgan fingerprint density at radius 2 is 1.95 bits per heavy atom. The molecule has 0 fully saturated rings. The maximum Gasteiger partial charge on any atom is 0.340 e. The first kappa shape index (κ1) is 13.2. The molecule has 0 amide bonds. The molecular formula is C16H14N2O3. The molecule has 0 aliphatic carbocycles. The third kappa shape index (κ3) is 2.12. The van der Waals surface area contributed by atoms with Crippen molar-refractivity contribution in [3.05, 3.63) is 54.4 Å². The second-order valence-electron chi connectivity index (χ2n) is 4.45. The molecule has 106 valence electrons. The number of carbonyl (C=O) groups is 1. The molecule has 5 nitrogen and oxygen atoms in total. The van der Waals surface area contributed by atoms with Crippen LogP contribution in [0.3, 0.4) is 0 Å². The van der Waals surface area contributed by atoms with E-state index in [9.17, 15) is 4.79 Å². The Balaban J connectivity index is 2.24. The molecule has 1 aromatic carbocycles. The molecule has 5 heteroatoms. The molecule has 0 saturated heterocycles. The minimum atomic E-state index is -0.382. The quantitative estimate of drug-likeness (QED) is 0.693. The number of esters is 1. The van der Waals surface area contributed by atoms with Gasteiger partial charge in [0.2, 0.25) is 0 Å². The van der Waals surface area contributed by atoms with Crippen molar-refractivity contribution in [2.75, 3.05) is 14.2 Å². The Kier molecular flexibility index (Phi) is 3.31. The lowest BCUT2D eigenvalue weighted by atomic mass is 10.2. The van der Waals surface area contributed by atoms with E-state index in [0.717, 1.165) is 11.3 Å². The minimum absolute atomic E-state index is 0.382. The molecule has 0 N–H and O–H groups in total. The summed E-state index contributed by atoms with van der Waals surface area (Å²) in [6.45, 7) is 0. The molecule has 21 heavy (non-hydrogen) atoms. The molecule has 0 radical (unpaired) electrons. The number of nitrogens with zero attached hydrogens (tertiary/aromatic N) is 2. The van der Waals surface area contributed by atoms with Gasteiger partial charge >= 0.3 is 5.97 Å². The third-order valence-electron chi connectivity index (χ3n) is 3.32. The van der Waals surface area contributed by atoms with Gasteiger partial charge in [-0.3, -0.25) is 4.40 Å². The summed E-state index contributed by atoms with van der Waals surface area (Å²) in [5, 5.41) is 0. The van der Waals surface area contributed by atoms with Gasteiger partial charge in [-0.25, -0.2) is 9.78 Å². The maximum atomic E-state index is 11.8. The van der Waals surface area contributed by atoms with Gasteiger partial charge in [-0.15, -0.1) is 0 Å². The SMILES string of the molecule is COC(=O)c1cccn2c(-c3ccccc3OC)ncc12. The second-order valence-corrected chi connectivity index (χ2v) is 4.45. The predicted molar refractivity (Wildman–Crippen MR) is 78.5 cm³/mol. The molecule has 0 spiro atoms. The van der Waals surface area contributed by atoms with Crippen molar-refractivity contribution in [2.45, 2.75) is 0 Å². The third-order valence-corrected chi connectivity index (χ3v) is 3.32. The number of pyridine rings is 1. The average Bonchev–Trinajstić information content (AvgIpc) is 2.97. The van der Waals surface area contributed by atoms with Crippen LogP contribution in [0.2, 0.25) is 0 Å². The van der Waals surface area contributed by atoms with E-state index < -0.39 is 0 Å². The van der Waals surface area contributed by atoms with Crippen LogP contribution >= 0.6 is 0 Å². The highest BCUT2D eigenvalue weighted by atomic mass is 16.5. The predicted octanol–water partition coefficient (Wildman–Crippen LogP) is 2.80. The van der Waals surface area contributed by atoms with Crippen LogP contribution in [0.15, 0.2) is 48.8 Å². The number of imidazole rings is 1. The highest BCUT2D eigenvalue weighted by Gasteiger charge is 2.16. The van der Waals surface area contributed by atoms with Crippen LogP contribution in [0, 0.1) is 0 Å². The van der Waals surface area contributed by atoms with Gasteiger partial charge in [0.1, 0.15) is 11.6 Å². The fourth-order valence-corrected chi connectivity index (χ4v) is 2.33. The first-order valence-electron chi connectivity index (χ1n) is 6.44. The maximum absolute atomic E-state index is 11.8. The zero-order valence-electron chi connectivity index (χ0n) is 11.7. The molecule has 3 rings (SSSR count). The van der Waals surface area contributed by atoms with Crippen molar-refractivity contribution in [3.63, 3.8) is 0 Å². The van der Waals surface area contributed by atoms with Crippen molar-refractivity contribution in [1.29, 1.82) is 0 Å². The van der Waals surface area contributed by atoms with Gasteiger partial charge in [-0.05, 0) is 24.3 Å². The number of fused-ring (bicyclic) bond motifs is 1. The molecule has 0 atom stereocenters. The van der Waals surface area contributed by atoms with E-state index in [2.05, 4.69) is 4.98 Å². The average molecular weight is 282 g/mol. The number of ether oxygens (including phenoxy) is 2. The Hall–Kier alpha value is -2.82. The van der Waals surface area contributed by atoms with Gasteiger partial charge in [0.15, 0.2) is 0 Å². The van der Waals surface area contributed by atoms with E-state index in [1.54, 1.807) is 25.4 Å². The van der Waals surface area contributed by atoms with Gasteiger partial charge in [0.05, 0.1) is 37.1 Å². The largest absolute Gasteiger partial charge is 0.496 e. The Morgan fingerprint density at radius 3 is 2.71 bits per heavy atom. The zero-order valence-corrected chi connectivity index (χ0v) is 11.7. The van der Waals surface area contributed by atoms with E-state index in [4.69, 9.17) is 9.47 Å². The van der Waals surface area contributed by atoms with Crippen molar-refractivity contribution in [1.82, 2.24) is 9.38 Å². The van der Waals surface area contributed by atoms with Gasteiger partial charge in [-0.1, -0.05) is 12.1 Å². The standard InChI is InChI=1S/C16H14N2O3/c1-20-14-8-4-3-6-12(14)15-17-10-13-11(16(19)21-2)7-5-9-18(13)15/h3-10H,1-2H3. The Morgan fingerprint density at radius 1 is 1.14 bits per heavy atom. The number of hydrogen-bond acceptors (Lipinski definition) is 4. The fraction of sp³-hybridized carbons (Fsp3) is 0.125. The Bertz CT molecular complexity index is 808. The number of benzene rings is 1. The van der Waals surface area contributed by atoms with E-state index in [1.165, 1.54) is 7.11 Å². The monoisotopic (exact) mass is 282 g/mol. The lowest BCUT2D eigenvalue weighted by molar-refractivity contribution is 0.0602. The highest BCUT2D eigenvalue weighted by molar-refractivity contribution is 5.97. The van der Waals surface area contributed by atoms with Crippen molar-refractivity contribution < 1.29 is 14.3 Å². The van der Waals surface area contributed by atoms with Gasteiger partial charge in [0, 0.05) is 6.20 Å². The smallest absolute Gasteiger partial charge is 0.340 e. The molecular weight excluding hydrogens is 268 g/mol. The first-order valence-corrected chi connectivity index (χ1v) is 6.44. The summed E-state index contributed by atoms with van der Waals surface area (Å²) >= 11 is 0. The van der Waals surface area contributed by atoms with Gasteiger partial charge in [0.25, 0.3) is 0 Å². The summed E-state index contributed by atoms with van der Waals surface area (Å²) in [4.78, 5) is 16.2. The molecule has 0 aliphatic heterocycles. The van der Waals surface area contributed by atoms with E-state index in [1.807, 2.05) is 34.9 Å². The van der Waals surface area contributed by atoms with Crippen molar-refractivity contribution in [2.24, 2.45) is 0 Å². The number of para-hydroxylation sites is 1. The summed E-state index contributed by atoms with van der Waals surface area (Å²) in [5.74, 6) is 1.06. The summed E-state index contributed by atoms with van der Waals surface area (Å²) in [6, 6.07) is 11.1.